The average molecular weight is 278 g/mol. The molecule has 2 aromatic heterocycles. The lowest BCUT2D eigenvalue weighted by atomic mass is 10.2. The second-order valence-corrected chi connectivity index (χ2v) is 5.72. The summed E-state index contributed by atoms with van der Waals surface area (Å²) in [6, 6.07) is 0.271. The number of amides is 1. The largest absolute Gasteiger partial charge is 0.334 e. The SMILES string of the molecule is CC(c1cncs1)N(C)C(=O)c1cnn(C(C)C)c1. The van der Waals surface area contributed by atoms with Gasteiger partial charge in [0.15, 0.2) is 0 Å². The number of rotatable bonds is 4. The highest BCUT2D eigenvalue weighted by atomic mass is 32.1. The van der Waals surface area contributed by atoms with Crippen molar-refractivity contribution in [2.45, 2.75) is 32.9 Å². The summed E-state index contributed by atoms with van der Waals surface area (Å²) in [6.45, 7) is 6.06. The van der Waals surface area contributed by atoms with Crippen LogP contribution in [-0.2, 0) is 0 Å². The Kier molecular flexibility index (Phi) is 3.99. The number of hydrogen-bond acceptors (Lipinski definition) is 4. The van der Waals surface area contributed by atoms with E-state index < -0.39 is 0 Å². The molecule has 0 N–H and O–H groups in total. The second kappa shape index (κ2) is 5.52. The summed E-state index contributed by atoms with van der Waals surface area (Å²) in [4.78, 5) is 19.2. The molecule has 1 atom stereocenters. The molecular weight excluding hydrogens is 260 g/mol. The molecule has 0 bridgehead atoms. The lowest BCUT2D eigenvalue weighted by molar-refractivity contribution is 0.0744. The third-order valence-electron chi connectivity index (χ3n) is 3.14. The molecule has 0 aromatic carbocycles. The van der Waals surface area contributed by atoms with Gasteiger partial charge in [-0.15, -0.1) is 11.3 Å². The second-order valence-electron chi connectivity index (χ2n) is 4.80. The summed E-state index contributed by atoms with van der Waals surface area (Å²) in [5.41, 5.74) is 2.40. The van der Waals surface area contributed by atoms with Crippen molar-refractivity contribution < 1.29 is 4.79 Å². The summed E-state index contributed by atoms with van der Waals surface area (Å²) in [7, 11) is 1.80. The van der Waals surface area contributed by atoms with Gasteiger partial charge >= 0.3 is 0 Å². The van der Waals surface area contributed by atoms with Crippen molar-refractivity contribution in [2.24, 2.45) is 0 Å². The standard InChI is InChI=1S/C13H18N4OS/c1-9(2)17-7-11(5-15-17)13(18)16(4)10(3)12-6-14-8-19-12/h5-10H,1-4H3. The van der Waals surface area contributed by atoms with Crippen molar-refractivity contribution in [1.29, 1.82) is 0 Å². The van der Waals surface area contributed by atoms with Crippen LogP contribution < -0.4 is 0 Å². The van der Waals surface area contributed by atoms with Crippen molar-refractivity contribution in [2.75, 3.05) is 7.05 Å². The zero-order chi connectivity index (χ0) is 14.0. The fraction of sp³-hybridized carbons (Fsp3) is 0.462. The Morgan fingerprint density at radius 2 is 2.11 bits per heavy atom. The minimum absolute atomic E-state index is 0.0161. The Bertz CT molecular complexity index is 547. The molecule has 102 valence electrons. The molecule has 0 aliphatic heterocycles. The molecule has 19 heavy (non-hydrogen) atoms. The van der Waals surface area contributed by atoms with E-state index in [2.05, 4.69) is 10.1 Å². The molecular formula is C13H18N4OS. The van der Waals surface area contributed by atoms with Crippen molar-refractivity contribution in [3.63, 3.8) is 0 Å². The molecule has 1 unspecified atom stereocenters. The summed E-state index contributed by atoms with van der Waals surface area (Å²) in [6.07, 6.45) is 5.22. The number of hydrogen-bond donors (Lipinski definition) is 0. The highest BCUT2D eigenvalue weighted by molar-refractivity contribution is 7.09. The molecule has 0 saturated carbocycles. The monoisotopic (exact) mass is 278 g/mol. The minimum atomic E-state index is -0.0206. The first kappa shape index (κ1) is 13.7. The van der Waals surface area contributed by atoms with Crippen LogP contribution in [0.2, 0.25) is 0 Å². The van der Waals surface area contributed by atoms with Crippen LogP contribution >= 0.6 is 11.3 Å². The number of carbonyl (C=O) groups excluding carboxylic acids is 1. The fourth-order valence-electron chi connectivity index (χ4n) is 1.73. The molecule has 5 nitrogen and oxygen atoms in total. The Labute approximate surface area is 116 Å². The van der Waals surface area contributed by atoms with Gasteiger partial charge in [0.05, 0.1) is 23.3 Å². The molecule has 6 heteroatoms. The highest BCUT2D eigenvalue weighted by Crippen LogP contribution is 2.23. The maximum atomic E-state index is 12.4. The molecule has 2 rings (SSSR count). The maximum absolute atomic E-state index is 12.4. The van der Waals surface area contributed by atoms with Gasteiger partial charge in [-0.2, -0.15) is 5.10 Å². The zero-order valence-corrected chi connectivity index (χ0v) is 12.4. The van der Waals surface area contributed by atoms with Crippen molar-refractivity contribution in [1.82, 2.24) is 19.7 Å². The van der Waals surface area contributed by atoms with Crippen molar-refractivity contribution in [3.05, 3.63) is 34.5 Å². The van der Waals surface area contributed by atoms with Crippen LogP contribution in [-0.4, -0.2) is 32.6 Å². The summed E-state index contributed by atoms with van der Waals surface area (Å²) < 4.78 is 1.79. The average Bonchev–Trinajstić information content (AvgIpc) is 3.06. The van der Waals surface area contributed by atoms with E-state index >= 15 is 0 Å². The van der Waals surface area contributed by atoms with Gasteiger partial charge in [0.1, 0.15) is 0 Å². The van der Waals surface area contributed by atoms with Gasteiger partial charge in [0, 0.05) is 30.4 Å². The molecule has 0 spiro atoms. The van der Waals surface area contributed by atoms with Crippen LogP contribution in [0.1, 0.15) is 48.1 Å². The van der Waals surface area contributed by atoms with Gasteiger partial charge in [-0.25, -0.2) is 0 Å². The van der Waals surface area contributed by atoms with Crippen LogP contribution in [0, 0.1) is 0 Å². The van der Waals surface area contributed by atoms with Gasteiger partial charge in [-0.05, 0) is 20.8 Å². The number of nitrogens with zero attached hydrogens (tertiary/aromatic N) is 4. The van der Waals surface area contributed by atoms with Gasteiger partial charge in [-0.1, -0.05) is 0 Å². The van der Waals surface area contributed by atoms with Gasteiger partial charge in [-0.3, -0.25) is 14.5 Å². The van der Waals surface area contributed by atoms with E-state index in [0.29, 0.717) is 5.56 Å². The van der Waals surface area contributed by atoms with Crippen LogP contribution in [0.5, 0.6) is 0 Å². The predicted molar refractivity (Wildman–Crippen MR) is 75.2 cm³/mol. The summed E-state index contributed by atoms with van der Waals surface area (Å²) in [5.74, 6) is -0.0206. The van der Waals surface area contributed by atoms with Crippen LogP contribution in [0.25, 0.3) is 0 Å². The van der Waals surface area contributed by atoms with E-state index in [1.165, 1.54) is 0 Å². The first-order valence-corrected chi connectivity index (χ1v) is 7.08. The van der Waals surface area contributed by atoms with Crippen LogP contribution in [0.4, 0.5) is 0 Å². The highest BCUT2D eigenvalue weighted by Gasteiger charge is 2.21. The molecule has 0 aliphatic rings. The number of carbonyl (C=O) groups is 1. The molecule has 2 heterocycles. The van der Waals surface area contributed by atoms with Crippen molar-refractivity contribution in [3.8, 4) is 0 Å². The quantitative estimate of drug-likeness (QED) is 0.864. The summed E-state index contributed by atoms with van der Waals surface area (Å²) in [5, 5.41) is 4.20. The smallest absolute Gasteiger partial charge is 0.257 e. The third kappa shape index (κ3) is 2.84. The van der Waals surface area contributed by atoms with E-state index in [9.17, 15) is 4.79 Å². The third-order valence-corrected chi connectivity index (χ3v) is 4.09. The van der Waals surface area contributed by atoms with Crippen LogP contribution in [0.15, 0.2) is 24.1 Å². The van der Waals surface area contributed by atoms with Crippen LogP contribution in [0.3, 0.4) is 0 Å². The van der Waals surface area contributed by atoms with E-state index in [4.69, 9.17) is 0 Å². The molecule has 0 radical (unpaired) electrons. The van der Waals surface area contributed by atoms with E-state index in [0.717, 1.165) is 4.88 Å². The van der Waals surface area contributed by atoms with Gasteiger partial charge in [0.25, 0.3) is 5.91 Å². The topological polar surface area (TPSA) is 51.0 Å². The first-order valence-electron chi connectivity index (χ1n) is 6.20. The zero-order valence-electron chi connectivity index (χ0n) is 11.6. The number of thiazole rings is 1. The Morgan fingerprint density at radius 3 is 2.63 bits per heavy atom. The maximum Gasteiger partial charge on any atom is 0.257 e. The molecule has 0 fully saturated rings. The first-order chi connectivity index (χ1) is 9.00. The normalized spacial score (nSPS) is 12.7. The number of aromatic nitrogens is 3. The molecule has 2 aromatic rings. The van der Waals surface area contributed by atoms with Gasteiger partial charge < -0.3 is 4.90 Å². The van der Waals surface area contributed by atoms with Gasteiger partial charge in [0.2, 0.25) is 0 Å². The minimum Gasteiger partial charge on any atom is -0.334 e. The Morgan fingerprint density at radius 1 is 1.37 bits per heavy atom. The fourth-order valence-corrected chi connectivity index (χ4v) is 2.45. The van der Waals surface area contributed by atoms with E-state index in [-0.39, 0.29) is 18.0 Å². The summed E-state index contributed by atoms with van der Waals surface area (Å²) >= 11 is 1.56. The lowest BCUT2D eigenvalue weighted by Crippen LogP contribution is -2.29. The lowest BCUT2D eigenvalue weighted by Gasteiger charge is -2.23. The molecule has 0 saturated heterocycles. The van der Waals surface area contributed by atoms with Crippen molar-refractivity contribution >= 4 is 17.2 Å². The van der Waals surface area contributed by atoms with E-state index in [1.54, 1.807) is 52.1 Å². The van der Waals surface area contributed by atoms with E-state index in [1.807, 2.05) is 20.8 Å². The Hall–Kier alpha value is -1.69. The Balaban J connectivity index is 2.14. The molecule has 1 amide bonds. The molecule has 0 aliphatic carbocycles. The predicted octanol–water partition coefficient (Wildman–Crippen LogP) is 2.75.